The Morgan fingerprint density at radius 1 is 1.40 bits per heavy atom. The lowest BCUT2D eigenvalue weighted by Gasteiger charge is -2.04. The number of hydrogen-bond donors (Lipinski definition) is 1. The number of methoxy groups -OCH3 is 1. The van der Waals surface area contributed by atoms with Gasteiger partial charge in [0.1, 0.15) is 15.6 Å². The highest BCUT2D eigenvalue weighted by molar-refractivity contribution is 7.13. The van der Waals surface area contributed by atoms with Crippen LogP contribution in [-0.2, 0) is 11.3 Å². The third-order valence-corrected chi connectivity index (χ3v) is 3.28. The van der Waals surface area contributed by atoms with E-state index in [0.717, 1.165) is 0 Å². The van der Waals surface area contributed by atoms with Gasteiger partial charge in [-0.1, -0.05) is 0 Å². The third kappa shape index (κ3) is 3.55. The molecule has 2 heterocycles. The van der Waals surface area contributed by atoms with Crippen LogP contribution in [0.15, 0.2) is 24.5 Å². The van der Waals surface area contributed by atoms with Crippen molar-refractivity contribution in [2.24, 2.45) is 0 Å². The maximum Gasteiger partial charge on any atom is 0.280 e. The first-order valence-corrected chi connectivity index (χ1v) is 6.41. The summed E-state index contributed by atoms with van der Waals surface area (Å²) in [6.45, 7) is 0.336. The highest BCUT2D eigenvalue weighted by atomic mass is 32.1. The van der Waals surface area contributed by atoms with Crippen molar-refractivity contribution in [3.05, 3.63) is 40.1 Å². The Labute approximate surface area is 117 Å². The SMILES string of the molecule is COCc1ncc(C(=O)Nc2ccc(C(F)F)nc2)s1. The third-order valence-electron chi connectivity index (χ3n) is 2.31. The Morgan fingerprint density at radius 3 is 2.80 bits per heavy atom. The minimum absolute atomic E-state index is 0.330. The second-order valence-electron chi connectivity index (χ2n) is 3.78. The minimum Gasteiger partial charge on any atom is -0.378 e. The lowest BCUT2D eigenvalue weighted by molar-refractivity contribution is 0.103. The van der Waals surface area contributed by atoms with E-state index in [1.54, 1.807) is 0 Å². The molecule has 106 valence electrons. The first kappa shape index (κ1) is 14.5. The van der Waals surface area contributed by atoms with Crippen molar-refractivity contribution in [2.75, 3.05) is 12.4 Å². The molecule has 2 aromatic rings. The predicted molar refractivity (Wildman–Crippen MR) is 70.0 cm³/mol. The number of thiazole rings is 1. The van der Waals surface area contributed by atoms with E-state index in [2.05, 4.69) is 15.3 Å². The largest absolute Gasteiger partial charge is 0.378 e. The van der Waals surface area contributed by atoms with Crippen molar-refractivity contribution >= 4 is 22.9 Å². The number of carbonyl (C=O) groups is 1. The molecule has 0 unspecified atom stereocenters. The number of amides is 1. The summed E-state index contributed by atoms with van der Waals surface area (Å²) < 4.78 is 29.6. The standard InChI is InChI=1S/C12H11F2N3O2S/c1-19-6-10-16-5-9(20-10)12(18)17-7-2-3-8(11(13)14)15-4-7/h2-5,11H,6H2,1H3,(H,17,18). The molecule has 0 aliphatic carbocycles. The van der Waals surface area contributed by atoms with E-state index in [0.29, 0.717) is 22.2 Å². The second kappa shape index (κ2) is 6.49. The van der Waals surface area contributed by atoms with Gasteiger partial charge in [0.25, 0.3) is 12.3 Å². The van der Waals surface area contributed by atoms with E-state index in [4.69, 9.17) is 4.74 Å². The fourth-order valence-corrected chi connectivity index (χ4v) is 2.19. The minimum atomic E-state index is -2.63. The quantitative estimate of drug-likeness (QED) is 0.922. The van der Waals surface area contributed by atoms with Crippen molar-refractivity contribution < 1.29 is 18.3 Å². The highest BCUT2D eigenvalue weighted by Gasteiger charge is 2.12. The highest BCUT2D eigenvalue weighted by Crippen LogP contribution is 2.19. The molecule has 0 radical (unpaired) electrons. The van der Waals surface area contributed by atoms with Crippen LogP contribution in [-0.4, -0.2) is 23.0 Å². The Balaban J connectivity index is 2.03. The van der Waals surface area contributed by atoms with Gasteiger partial charge >= 0.3 is 0 Å². The summed E-state index contributed by atoms with van der Waals surface area (Å²) in [6.07, 6.45) is 0.00377. The summed E-state index contributed by atoms with van der Waals surface area (Å²) in [7, 11) is 1.54. The molecule has 0 atom stereocenters. The molecule has 2 rings (SSSR count). The van der Waals surface area contributed by atoms with Crippen LogP contribution in [0.4, 0.5) is 14.5 Å². The van der Waals surface area contributed by atoms with Gasteiger partial charge in [-0.2, -0.15) is 0 Å². The van der Waals surface area contributed by atoms with Crippen LogP contribution in [0.3, 0.4) is 0 Å². The fourth-order valence-electron chi connectivity index (χ4n) is 1.41. The molecule has 1 N–H and O–H groups in total. The van der Waals surface area contributed by atoms with E-state index >= 15 is 0 Å². The average Bonchev–Trinajstić information content (AvgIpc) is 2.88. The Morgan fingerprint density at radius 2 is 2.20 bits per heavy atom. The van der Waals surface area contributed by atoms with Crippen LogP contribution < -0.4 is 5.32 Å². The van der Waals surface area contributed by atoms with Crippen molar-refractivity contribution in [3.63, 3.8) is 0 Å². The van der Waals surface area contributed by atoms with Crippen LogP contribution >= 0.6 is 11.3 Å². The second-order valence-corrected chi connectivity index (χ2v) is 4.89. The molecule has 0 aliphatic heterocycles. The predicted octanol–water partition coefficient (Wildman–Crippen LogP) is 2.87. The molecule has 8 heteroatoms. The molecule has 5 nitrogen and oxygen atoms in total. The van der Waals surface area contributed by atoms with E-state index in [1.165, 1.54) is 43.0 Å². The molecular formula is C12H11F2N3O2S. The van der Waals surface area contributed by atoms with Crippen molar-refractivity contribution in [1.29, 1.82) is 0 Å². The molecule has 0 aliphatic rings. The number of alkyl halides is 2. The van der Waals surface area contributed by atoms with Crippen molar-refractivity contribution in [1.82, 2.24) is 9.97 Å². The number of rotatable bonds is 5. The molecule has 0 saturated carbocycles. The maximum atomic E-state index is 12.3. The molecule has 0 aromatic carbocycles. The fraction of sp³-hybridized carbons (Fsp3) is 0.250. The van der Waals surface area contributed by atoms with Gasteiger partial charge in [0.15, 0.2) is 0 Å². The number of nitrogens with zero attached hydrogens (tertiary/aromatic N) is 2. The Bertz CT molecular complexity index is 587. The van der Waals surface area contributed by atoms with Crippen LogP contribution in [0, 0.1) is 0 Å². The van der Waals surface area contributed by atoms with Gasteiger partial charge in [0.05, 0.1) is 24.7 Å². The molecule has 0 fully saturated rings. The monoisotopic (exact) mass is 299 g/mol. The molecule has 0 spiro atoms. The molecular weight excluding hydrogens is 288 g/mol. The molecule has 20 heavy (non-hydrogen) atoms. The van der Waals surface area contributed by atoms with Gasteiger partial charge in [-0.15, -0.1) is 11.3 Å². The number of hydrogen-bond acceptors (Lipinski definition) is 5. The molecule has 1 amide bonds. The number of halogens is 2. The molecule has 0 saturated heterocycles. The normalized spacial score (nSPS) is 10.8. The van der Waals surface area contributed by atoms with Gasteiger partial charge in [-0.3, -0.25) is 9.78 Å². The smallest absolute Gasteiger partial charge is 0.280 e. The summed E-state index contributed by atoms with van der Waals surface area (Å²) in [5.41, 5.74) is 0.0178. The van der Waals surface area contributed by atoms with E-state index in [9.17, 15) is 13.6 Å². The zero-order valence-corrected chi connectivity index (χ0v) is 11.3. The summed E-state index contributed by atoms with van der Waals surface area (Å²) in [6, 6.07) is 2.55. The van der Waals surface area contributed by atoms with E-state index < -0.39 is 6.43 Å². The number of ether oxygens (including phenoxy) is 1. The lowest BCUT2D eigenvalue weighted by Crippen LogP contribution is -2.10. The maximum absolute atomic E-state index is 12.3. The first-order chi connectivity index (χ1) is 9.60. The van der Waals surface area contributed by atoms with Crippen molar-refractivity contribution in [3.8, 4) is 0 Å². The average molecular weight is 299 g/mol. The van der Waals surface area contributed by atoms with Crippen LogP contribution in [0.5, 0.6) is 0 Å². The summed E-state index contributed by atoms with van der Waals surface area (Å²) >= 11 is 1.20. The summed E-state index contributed by atoms with van der Waals surface area (Å²) in [5.74, 6) is -0.364. The molecule has 0 bridgehead atoms. The summed E-state index contributed by atoms with van der Waals surface area (Å²) in [4.78, 5) is 19.9. The van der Waals surface area contributed by atoms with Crippen LogP contribution in [0.25, 0.3) is 0 Å². The molecule has 2 aromatic heterocycles. The van der Waals surface area contributed by atoms with Crippen LogP contribution in [0.2, 0.25) is 0 Å². The zero-order chi connectivity index (χ0) is 14.5. The Hall–Kier alpha value is -1.93. The number of aromatic nitrogens is 2. The first-order valence-electron chi connectivity index (χ1n) is 5.59. The lowest BCUT2D eigenvalue weighted by atomic mass is 10.3. The Kier molecular flexibility index (Phi) is 4.70. The van der Waals surface area contributed by atoms with Crippen LogP contribution in [0.1, 0.15) is 26.8 Å². The van der Waals surface area contributed by atoms with E-state index in [-0.39, 0.29) is 11.6 Å². The number of anilines is 1. The number of carbonyl (C=O) groups excluding carboxylic acids is 1. The van der Waals surface area contributed by atoms with Gasteiger partial charge in [-0.25, -0.2) is 13.8 Å². The summed E-state index contributed by atoms with van der Waals surface area (Å²) in [5, 5.41) is 3.25. The van der Waals surface area contributed by atoms with Gasteiger partial charge in [0.2, 0.25) is 0 Å². The van der Waals surface area contributed by atoms with Crippen molar-refractivity contribution in [2.45, 2.75) is 13.0 Å². The van der Waals surface area contributed by atoms with Gasteiger partial charge in [0, 0.05) is 7.11 Å². The number of nitrogens with one attached hydrogen (secondary N) is 1. The topological polar surface area (TPSA) is 64.1 Å². The van der Waals surface area contributed by atoms with E-state index in [1.807, 2.05) is 0 Å². The van der Waals surface area contributed by atoms with Gasteiger partial charge < -0.3 is 10.1 Å². The number of pyridine rings is 1. The zero-order valence-electron chi connectivity index (χ0n) is 10.5. The van der Waals surface area contributed by atoms with Gasteiger partial charge in [-0.05, 0) is 12.1 Å².